The van der Waals surface area contributed by atoms with Crippen LogP contribution in [0.2, 0.25) is 0 Å². The summed E-state index contributed by atoms with van der Waals surface area (Å²) in [6.45, 7) is 14.0. The molecule has 2 heteroatoms. The van der Waals surface area contributed by atoms with Gasteiger partial charge in [0.2, 0.25) is 0 Å². The molecule has 0 aliphatic carbocycles. The third-order valence-electron chi connectivity index (χ3n) is 3.01. The minimum absolute atomic E-state index is 0.480. The molecule has 0 saturated carbocycles. The summed E-state index contributed by atoms with van der Waals surface area (Å²) in [4.78, 5) is 3.69. The standard InChI is InChI=1S/C13H15NO/c1-9(2)10-5-6-12-11(7-10)13(3,14-4)8-15-12/h5-7,9H,8H2,1-3H3. The molecule has 0 amide bonds. The van der Waals surface area contributed by atoms with E-state index in [1.165, 1.54) is 5.56 Å². The second kappa shape index (κ2) is 3.27. The fraction of sp³-hybridized carbons (Fsp3) is 0.462. The van der Waals surface area contributed by atoms with E-state index in [1.54, 1.807) is 0 Å². The van der Waals surface area contributed by atoms with Gasteiger partial charge in [-0.1, -0.05) is 19.9 Å². The van der Waals surface area contributed by atoms with Crippen LogP contribution in [0.15, 0.2) is 18.2 Å². The number of fused-ring (bicyclic) bond motifs is 1. The molecule has 1 heterocycles. The maximum absolute atomic E-state index is 7.25. The van der Waals surface area contributed by atoms with E-state index in [4.69, 9.17) is 11.3 Å². The number of hydrogen-bond acceptors (Lipinski definition) is 1. The van der Waals surface area contributed by atoms with Crippen molar-refractivity contribution in [2.24, 2.45) is 0 Å². The number of rotatable bonds is 1. The Morgan fingerprint density at radius 1 is 1.47 bits per heavy atom. The summed E-state index contributed by atoms with van der Waals surface area (Å²) >= 11 is 0. The Morgan fingerprint density at radius 2 is 2.20 bits per heavy atom. The smallest absolute Gasteiger partial charge is 0.291 e. The van der Waals surface area contributed by atoms with Gasteiger partial charge in [-0.05, 0) is 23.6 Å². The molecule has 0 fully saturated rings. The highest BCUT2D eigenvalue weighted by Crippen LogP contribution is 2.40. The Labute approximate surface area is 90.7 Å². The van der Waals surface area contributed by atoms with Crippen molar-refractivity contribution in [2.75, 3.05) is 6.61 Å². The van der Waals surface area contributed by atoms with Gasteiger partial charge in [-0.15, -0.1) is 0 Å². The topological polar surface area (TPSA) is 13.6 Å². The van der Waals surface area contributed by atoms with E-state index in [2.05, 4.69) is 30.8 Å². The molecule has 1 aromatic rings. The van der Waals surface area contributed by atoms with Gasteiger partial charge in [0.15, 0.2) is 6.61 Å². The van der Waals surface area contributed by atoms with Gasteiger partial charge in [0.05, 0.1) is 5.56 Å². The third-order valence-corrected chi connectivity index (χ3v) is 3.01. The summed E-state index contributed by atoms with van der Waals surface area (Å²) in [5.74, 6) is 1.36. The van der Waals surface area contributed by atoms with Crippen LogP contribution in [-0.4, -0.2) is 6.61 Å². The lowest BCUT2D eigenvalue weighted by Gasteiger charge is -2.10. The molecule has 1 aliphatic heterocycles. The lowest BCUT2D eigenvalue weighted by atomic mass is 9.91. The summed E-state index contributed by atoms with van der Waals surface area (Å²) in [6.07, 6.45) is 0. The van der Waals surface area contributed by atoms with Crippen LogP contribution >= 0.6 is 0 Å². The van der Waals surface area contributed by atoms with Crippen LogP contribution in [0.3, 0.4) is 0 Å². The minimum atomic E-state index is -0.486. The predicted molar refractivity (Wildman–Crippen MR) is 60.0 cm³/mol. The molecule has 1 atom stereocenters. The van der Waals surface area contributed by atoms with Gasteiger partial charge in [-0.2, -0.15) is 0 Å². The van der Waals surface area contributed by atoms with Gasteiger partial charge in [0.1, 0.15) is 5.75 Å². The van der Waals surface area contributed by atoms with E-state index < -0.39 is 5.54 Å². The molecule has 1 aliphatic rings. The van der Waals surface area contributed by atoms with Gasteiger partial charge in [0.25, 0.3) is 5.54 Å². The van der Waals surface area contributed by atoms with Crippen molar-refractivity contribution in [3.63, 3.8) is 0 Å². The molecule has 15 heavy (non-hydrogen) atoms. The summed E-state index contributed by atoms with van der Waals surface area (Å²) in [5, 5.41) is 0. The van der Waals surface area contributed by atoms with E-state index in [0.717, 1.165) is 11.3 Å². The maximum atomic E-state index is 7.25. The normalized spacial score (nSPS) is 23.4. The van der Waals surface area contributed by atoms with Gasteiger partial charge in [-0.25, -0.2) is 6.57 Å². The van der Waals surface area contributed by atoms with E-state index >= 15 is 0 Å². The van der Waals surface area contributed by atoms with Gasteiger partial charge in [-0.3, -0.25) is 0 Å². The molecule has 0 aromatic heterocycles. The molecule has 1 aromatic carbocycles. The molecule has 0 saturated heterocycles. The average molecular weight is 201 g/mol. The first kappa shape index (κ1) is 10.0. The number of nitrogens with zero attached hydrogens (tertiary/aromatic N) is 1. The lowest BCUT2D eigenvalue weighted by molar-refractivity contribution is 0.306. The summed E-state index contributed by atoms with van der Waals surface area (Å²) in [7, 11) is 0. The largest absolute Gasteiger partial charge is 0.484 e. The van der Waals surface area contributed by atoms with E-state index in [1.807, 2.05) is 13.0 Å². The van der Waals surface area contributed by atoms with Crippen molar-refractivity contribution < 1.29 is 4.74 Å². The van der Waals surface area contributed by atoms with Gasteiger partial charge in [0, 0.05) is 6.92 Å². The lowest BCUT2D eigenvalue weighted by Crippen LogP contribution is -2.18. The monoisotopic (exact) mass is 201 g/mol. The van der Waals surface area contributed by atoms with Crippen molar-refractivity contribution >= 4 is 0 Å². The van der Waals surface area contributed by atoms with Crippen LogP contribution in [-0.2, 0) is 5.54 Å². The Balaban J connectivity index is 2.53. The van der Waals surface area contributed by atoms with Crippen molar-refractivity contribution in [3.8, 4) is 5.75 Å². The van der Waals surface area contributed by atoms with Crippen LogP contribution in [0.4, 0.5) is 0 Å². The minimum Gasteiger partial charge on any atom is -0.484 e. The fourth-order valence-electron chi connectivity index (χ4n) is 1.84. The summed E-state index contributed by atoms with van der Waals surface area (Å²) in [5.41, 5.74) is 1.83. The second-order valence-corrected chi connectivity index (χ2v) is 4.58. The van der Waals surface area contributed by atoms with Crippen LogP contribution in [0.1, 0.15) is 37.8 Å². The molecule has 0 bridgehead atoms. The van der Waals surface area contributed by atoms with E-state index in [0.29, 0.717) is 12.5 Å². The fourth-order valence-corrected chi connectivity index (χ4v) is 1.84. The molecule has 0 radical (unpaired) electrons. The predicted octanol–water partition coefficient (Wildman–Crippen LogP) is 3.34. The van der Waals surface area contributed by atoms with Gasteiger partial charge < -0.3 is 9.58 Å². The van der Waals surface area contributed by atoms with Crippen molar-refractivity contribution in [2.45, 2.75) is 32.2 Å². The van der Waals surface area contributed by atoms with Crippen LogP contribution in [0.5, 0.6) is 5.75 Å². The molecule has 2 nitrogen and oxygen atoms in total. The van der Waals surface area contributed by atoms with E-state index in [-0.39, 0.29) is 0 Å². The van der Waals surface area contributed by atoms with Crippen LogP contribution in [0, 0.1) is 6.57 Å². The highest BCUT2D eigenvalue weighted by molar-refractivity contribution is 5.47. The zero-order valence-corrected chi connectivity index (χ0v) is 9.37. The molecule has 1 unspecified atom stereocenters. The second-order valence-electron chi connectivity index (χ2n) is 4.58. The highest BCUT2D eigenvalue weighted by Gasteiger charge is 2.42. The van der Waals surface area contributed by atoms with Crippen LogP contribution < -0.4 is 4.74 Å². The van der Waals surface area contributed by atoms with E-state index in [9.17, 15) is 0 Å². The Bertz CT molecular complexity index is 431. The number of ether oxygens (including phenoxy) is 1. The zero-order valence-electron chi connectivity index (χ0n) is 9.37. The molecular formula is C13H15NO. The molecule has 2 rings (SSSR count). The maximum Gasteiger partial charge on any atom is 0.291 e. The Kier molecular flexibility index (Phi) is 2.19. The first-order valence-electron chi connectivity index (χ1n) is 5.22. The summed E-state index contributed by atoms with van der Waals surface area (Å²) in [6, 6.07) is 6.19. The zero-order chi connectivity index (χ0) is 11.1. The highest BCUT2D eigenvalue weighted by atomic mass is 16.5. The quantitative estimate of drug-likeness (QED) is 0.635. The van der Waals surface area contributed by atoms with Crippen molar-refractivity contribution in [1.29, 1.82) is 0 Å². The molecule has 78 valence electrons. The van der Waals surface area contributed by atoms with Crippen molar-refractivity contribution in [1.82, 2.24) is 0 Å². The molecule has 0 N–H and O–H groups in total. The Hall–Kier alpha value is -1.49. The third kappa shape index (κ3) is 1.48. The average Bonchev–Trinajstić information content (AvgIpc) is 2.57. The molecule has 0 spiro atoms. The Morgan fingerprint density at radius 3 is 2.80 bits per heavy atom. The summed E-state index contributed by atoms with van der Waals surface area (Å²) < 4.78 is 5.53. The van der Waals surface area contributed by atoms with Crippen LogP contribution in [0.25, 0.3) is 4.85 Å². The number of hydrogen-bond donors (Lipinski definition) is 0. The molecular weight excluding hydrogens is 186 g/mol. The van der Waals surface area contributed by atoms with Gasteiger partial charge >= 0.3 is 0 Å². The first-order valence-corrected chi connectivity index (χ1v) is 5.22. The first-order chi connectivity index (χ1) is 7.07. The SMILES string of the molecule is [C-]#[N+]C1(C)COc2ccc(C(C)C)cc21. The van der Waals surface area contributed by atoms with Crippen molar-refractivity contribution in [3.05, 3.63) is 40.7 Å². The number of benzene rings is 1.